The molecule has 0 aliphatic heterocycles. The van der Waals surface area contributed by atoms with Gasteiger partial charge in [0.2, 0.25) is 29.5 Å². The zero-order valence-electron chi connectivity index (χ0n) is 25.1. The number of benzene rings is 1. The molecule has 0 aromatic heterocycles. The molecule has 8 N–H and O–H groups in total. The Bertz CT molecular complexity index is 1270. The van der Waals surface area contributed by atoms with E-state index in [0.29, 0.717) is 6.42 Å². The lowest BCUT2D eigenvalue weighted by Gasteiger charge is -2.28. The smallest absolute Gasteiger partial charge is 0.305 e. The van der Waals surface area contributed by atoms with E-state index in [-0.39, 0.29) is 17.3 Å². The van der Waals surface area contributed by atoms with Crippen LogP contribution in [0.3, 0.4) is 0 Å². The van der Waals surface area contributed by atoms with Crippen LogP contribution in [0.15, 0.2) is 24.3 Å². The number of hydrogen-bond donors (Lipinski definition) is 8. The number of nitrogens with one attached hydrogen (secondary N) is 5. The lowest BCUT2D eigenvalue weighted by atomic mass is 9.97. The summed E-state index contributed by atoms with van der Waals surface area (Å²) in [6.07, 6.45) is -3.11. The maximum atomic E-state index is 13.2. The first-order valence-electron chi connectivity index (χ1n) is 13.8. The molecule has 6 atom stereocenters. The van der Waals surface area contributed by atoms with Crippen LogP contribution < -0.4 is 26.6 Å². The van der Waals surface area contributed by atoms with E-state index in [9.17, 15) is 53.9 Å². The lowest BCUT2D eigenvalue weighted by molar-refractivity contribution is -0.384. The number of aliphatic hydroxyl groups is 1. The molecule has 0 fully saturated rings. The van der Waals surface area contributed by atoms with Crippen molar-refractivity contribution < 1.29 is 53.8 Å². The highest BCUT2D eigenvalue weighted by molar-refractivity contribution is 6.00. The van der Waals surface area contributed by atoms with Gasteiger partial charge in [-0.15, -0.1) is 0 Å². The van der Waals surface area contributed by atoms with E-state index in [0.717, 1.165) is 19.1 Å². The highest BCUT2D eigenvalue weighted by Crippen LogP contribution is 2.16. The molecule has 1 aromatic carbocycles. The van der Waals surface area contributed by atoms with Gasteiger partial charge in [0.15, 0.2) is 0 Å². The Labute approximate surface area is 257 Å². The molecule has 1 rings (SSSR count). The number of carboxylic acids is 2. The fraction of sp³-hybridized carbons (Fsp3) is 0.519. The average molecular weight is 639 g/mol. The van der Waals surface area contributed by atoms with E-state index in [1.807, 2.05) is 0 Å². The van der Waals surface area contributed by atoms with Crippen molar-refractivity contribution in [2.24, 2.45) is 5.92 Å². The molecular weight excluding hydrogens is 600 g/mol. The van der Waals surface area contributed by atoms with Crippen molar-refractivity contribution in [2.75, 3.05) is 5.32 Å². The number of aliphatic hydroxyl groups excluding tert-OH is 1. The number of rotatable bonds is 18. The number of hydrogen-bond acceptors (Lipinski definition) is 10. The number of carbonyl (C=O) groups excluding carboxylic acids is 5. The minimum Gasteiger partial charge on any atom is -0.481 e. The molecular formula is C27H38N6O12. The van der Waals surface area contributed by atoms with Crippen LogP contribution in [-0.2, 0) is 33.6 Å². The molecule has 45 heavy (non-hydrogen) atoms. The van der Waals surface area contributed by atoms with E-state index in [2.05, 4.69) is 26.6 Å². The van der Waals surface area contributed by atoms with Crippen LogP contribution in [-0.4, -0.2) is 92.0 Å². The number of nitro groups is 1. The van der Waals surface area contributed by atoms with Crippen molar-refractivity contribution in [3.63, 3.8) is 0 Å². The molecule has 248 valence electrons. The largest absolute Gasteiger partial charge is 0.481 e. The molecule has 0 heterocycles. The lowest BCUT2D eigenvalue weighted by Crippen LogP contribution is -2.61. The number of amides is 5. The molecule has 5 amide bonds. The van der Waals surface area contributed by atoms with Crippen LogP contribution >= 0.6 is 0 Å². The third-order valence-corrected chi connectivity index (χ3v) is 6.55. The summed E-state index contributed by atoms with van der Waals surface area (Å²) >= 11 is 0. The Kier molecular flexibility index (Phi) is 15.0. The molecule has 0 saturated heterocycles. The van der Waals surface area contributed by atoms with Gasteiger partial charge in [-0.05, 0) is 31.4 Å². The summed E-state index contributed by atoms with van der Waals surface area (Å²) in [5, 5.41) is 51.0. The Morgan fingerprint density at radius 3 is 1.82 bits per heavy atom. The van der Waals surface area contributed by atoms with E-state index in [1.54, 1.807) is 13.8 Å². The van der Waals surface area contributed by atoms with Gasteiger partial charge >= 0.3 is 11.9 Å². The Morgan fingerprint density at radius 1 is 0.800 bits per heavy atom. The highest BCUT2D eigenvalue weighted by atomic mass is 16.6. The van der Waals surface area contributed by atoms with Crippen molar-refractivity contribution >= 4 is 52.8 Å². The van der Waals surface area contributed by atoms with Crippen LogP contribution in [0.1, 0.15) is 53.4 Å². The Balaban J connectivity index is 3.17. The Hall–Kier alpha value is -5.13. The van der Waals surface area contributed by atoms with Crippen LogP contribution in [0, 0.1) is 16.0 Å². The van der Waals surface area contributed by atoms with Crippen LogP contribution in [0.5, 0.6) is 0 Å². The number of nitrogens with zero attached hydrogens (tertiary/aromatic N) is 1. The molecule has 18 nitrogen and oxygen atoms in total. The van der Waals surface area contributed by atoms with E-state index < -0.39 is 95.9 Å². The summed E-state index contributed by atoms with van der Waals surface area (Å²) in [4.78, 5) is 96.5. The predicted molar refractivity (Wildman–Crippen MR) is 155 cm³/mol. The molecule has 18 heteroatoms. The first-order chi connectivity index (χ1) is 21.0. The van der Waals surface area contributed by atoms with E-state index in [4.69, 9.17) is 5.11 Å². The van der Waals surface area contributed by atoms with Gasteiger partial charge in [-0.2, -0.15) is 0 Å². The van der Waals surface area contributed by atoms with Crippen LogP contribution in [0.2, 0.25) is 0 Å². The van der Waals surface area contributed by atoms with Crippen molar-refractivity contribution in [3.05, 3.63) is 34.4 Å². The molecule has 0 saturated carbocycles. The second kappa shape index (κ2) is 17.9. The van der Waals surface area contributed by atoms with Crippen LogP contribution in [0.25, 0.3) is 0 Å². The molecule has 0 aliphatic carbocycles. The van der Waals surface area contributed by atoms with Crippen molar-refractivity contribution in [1.82, 2.24) is 21.3 Å². The quantitative estimate of drug-likeness (QED) is 0.0729. The first kappa shape index (κ1) is 37.9. The topological polar surface area (TPSA) is 283 Å². The summed E-state index contributed by atoms with van der Waals surface area (Å²) in [5.74, 6) is -7.81. The number of aliphatic carboxylic acids is 2. The maximum Gasteiger partial charge on any atom is 0.305 e. The maximum absolute atomic E-state index is 13.2. The second-order valence-corrected chi connectivity index (χ2v) is 10.2. The number of non-ortho nitro benzene ring substituents is 1. The van der Waals surface area contributed by atoms with Crippen LogP contribution in [0.4, 0.5) is 11.4 Å². The van der Waals surface area contributed by atoms with Gasteiger partial charge in [0.1, 0.15) is 24.2 Å². The van der Waals surface area contributed by atoms with Gasteiger partial charge in [0.25, 0.3) is 5.69 Å². The highest BCUT2D eigenvalue weighted by Gasteiger charge is 2.35. The molecule has 0 spiro atoms. The van der Waals surface area contributed by atoms with Gasteiger partial charge in [0.05, 0.1) is 17.4 Å². The monoisotopic (exact) mass is 638 g/mol. The van der Waals surface area contributed by atoms with Gasteiger partial charge < -0.3 is 41.9 Å². The zero-order valence-corrected chi connectivity index (χ0v) is 25.1. The minimum absolute atomic E-state index is 0.0441. The molecule has 0 radical (unpaired) electrons. The van der Waals surface area contributed by atoms with Crippen molar-refractivity contribution in [3.8, 4) is 0 Å². The van der Waals surface area contributed by atoms with Gasteiger partial charge in [-0.3, -0.25) is 43.7 Å². The Morgan fingerprint density at radius 2 is 1.36 bits per heavy atom. The standard InChI is InChI=1S/C27H38N6O12/c1-5-13(2)22(28-15(4)35)26(42)30-18(10-11-20(36)37)24(40)32-23(14(3)34)27(43)31-19(12-21(38)39)25(41)29-16-6-8-17(9-7-16)33(44)45/h6-9,13-14,18-19,22-23,34H,5,10-12H2,1-4H3,(H,28,35)(H,29,41)(H,30,42)(H,31,43)(H,32,40)(H,36,37)(H,38,39)/t13-,14+,18+,19+,22-,23-/m0/s1. The fourth-order valence-electron chi connectivity index (χ4n) is 3.92. The summed E-state index contributed by atoms with van der Waals surface area (Å²) in [7, 11) is 0. The first-order valence-corrected chi connectivity index (χ1v) is 13.8. The van der Waals surface area contributed by atoms with E-state index >= 15 is 0 Å². The summed E-state index contributed by atoms with van der Waals surface area (Å²) in [5.41, 5.74) is -0.232. The van der Waals surface area contributed by atoms with Gasteiger partial charge in [-0.25, -0.2) is 0 Å². The molecule has 0 bridgehead atoms. The predicted octanol–water partition coefficient (Wildman–Crippen LogP) is -0.741. The summed E-state index contributed by atoms with van der Waals surface area (Å²) in [6, 6.07) is -1.63. The number of anilines is 1. The average Bonchev–Trinajstić information content (AvgIpc) is 2.95. The summed E-state index contributed by atoms with van der Waals surface area (Å²) in [6.45, 7) is 5.73. The summed E-state index contributed by atoms with van der Waals surface area (Å²) < 4.78 is 0. The molecule has 1 aromatic rings. The number of carbonyl (C=O) groups is 7. The number of carboxylic acid groups (broad SMARTS) is 2. The van der Waals surface area contributed by atoms with Gasteiger partial charge in [0, 0.05) is 31.2 Å². The zero-order chi connectivity index (χ0) is 34.4. The van der Waals surface area contributed by atoms with Gasteiger partial charge in [-0.1, -0.05) is 20.3 Å². The molecule has 0 aliphatic rings. The second-order valence-electron chi connectivity index (χ2n) is 10.2. The third-order valence-electron chi connectivity index (χ3n) is 6.55. The van der Waals surface area contributed by atoms with Crippen molar-refractivity contribution in [1.29, 1.82) is 0 Å². The third kappa shape index (κ3) is 13.0. The fourth-order valence-corrected chi connectivity index (χ4v) is 3.92. The minimum atomic E-state index is -1.80. The van der Waals surface area contributed by atoms with E-state index in [1.165, 1.54) is 19.1 Å². The van der Waals surface area contributed by atoms with Crippen molar-refractivity contribution in [2.45, 2.75) is 83.6 Å². The SMILES string of the molecule is CC[C@H](C)[C@H](NC(C)=O)C(=O)N[C@H](CCC(=O)O)C(=O)N[C@H](C(=O)N[C@H](CC(=O)O)C(=O)Nc1ccc([N+](=O)[O-])cc1)[C@@H](C)O. The molecule has 0 unspecified atom stereocenters. The normalized spacial score (nSPS) is 14.7. The number of nitro benzene ring substituents is 1.